The molecule has 4 aromatic rings. The van der Waals surface area contributed by atoms with Crippen molar-refractivity contribution in [3.8, 4) is 11.3 Å². The van der Waals surface area contributed by atoms with Crippen LogP contribution < -0.4 is 16.1 Å². The summed E-state index contributed by atoms with van der Waals surface area (Å²) in [4.78, 5) is 30.1. The quantitative estimate of drug-likeness (QED) is 0.438. The number of pyridine rings is 1. The normalized spacial score (nSPS) is 11.9. The Morgan fingerprint density at radius 3 is 2.45 bits per heavy atom. The van der Waals surface area contributed by atoms with Gasteiger partial charge in [0, 0.05) is 29.4 Å². The maximum absolute atomic E-state index is 13.3. The third kappa shape index (κ3) is 4.24. The molecule has 0 fully saturated rings. The summed E-state index contributed by atoms with van der Waals surface area (Å²) in [5.41, 5.74) is 5.40. The lowest BCUT2D eigenvalue weighted by Gasteiger charge is -2.20. The van der Waals surface area contributed by atoms with Crippen LogP contribution in [0.1, 0.15) is 45.8 Å². The van der Waals surface area contributed by atoms with Crippen molar-refractivity contribution in [3.05, 3.63) is 92.9 Å². The maximum Gasteiger partial charge on any atom is 0.271 e. The summed E-state index contributed by atoms with van der Waals surface area (Å²) in [6.07, 6.45) is 0. The van der Waals surface area contributed by atoms with Crippen LogP contribution in [0.3, 0.4) is 0 Å². The Kier molecular flexibility index (Phi) is 6.01. The Bertz CT molecular complexity index is 1410. The predicted octanol–water partition coefficient (Wildman–Crippen LogP) is 5.31. The van der Waals surface area contributed by atoms with E-state index in [2.05, 4.69) is 15.6 Å². The van der Waals surface area contributed by atoms with Crippen molar-refractivity contribution >= 4 is 22.6 Å². The molecule has 2 aromatic heterocycles. The first kappa shape index (κ1) is 22.3. The molecule has 1 amide bonds. The summed E-state index contributed by atoms with van der Waals surface area (Å²) >= 11 is 0. The molecule has 0 spiro atoms. The number of aromatic nitrogens is 1. The highest BCUT2D eigenvalue weighted by atomic mass is 16.3. The number of rotatable bonds is 5. The van der Waals surface area contributed by atoms with Gasteiger partial charge in [0.2, 0.25) is 0 Å². The van der Waals surface area contributed by atoms with Gasteiger partial charge in [-0.25, -0.2) is 4.98 Å². The molecule has 0 saturated carbocycles. The molecule has 0 unspecified atom stereocenters. The lowest BCUT2D eigenvalue weighted by molar-refractivity contribution is 0.0959. The average Bonchev–Trinajstić information content (AvgIpc) is 2.82. The van der Waals surface area contributed by atoms with Crippen molar-refractivity contribution in [2.24, 2.45) is 0 Å². The molecule has 0 radical (unpaired) electrons. The van der Waals surface area contributed by atoms with E-state index < -0.39 is 0 Å². The SMILES string of the molecule is CNC(=O)c1nc(C)ccc1N[C@H](C)c1cc(C)cc2c(=O)c(C)c(-c3ccccc3)oc12. The number of nitrogens with one attached hydrogen (secondary N) is 2. The van der Waals surface area contributed by atoms with Crippen LogP contribution in [0.2, 0.25) is 0 Å². The van der Waals surface area contributed by atoms with Gasteiger partial charge in [0.05, 0.1) is 17.1 Å². The molecule has 2 N–H and O–H groups in total. The number of amides is 1. The van der Waals surface area contributed by atoms with Gasteiger partial charge in [0.1, 0.15) is 11.3 Å². The van der Waals surface area contributed by atoms with Gasteiger partial charge in [-0.1, -0.05) is 36.4 Å². The van der Waals surface area contributed by atoms with Gasteiger partial charge < -0.3 is 15.1 Å². The van der Waals surface area contributed by atoms with Crippen LogP contribution >= 0.6 is 0 Å². The van der Waals surface area contributed by atoms with Gasteiger partial charge in [0.15, 0.2) is 11.1 Å². The first-order chi connectivity index (χ1) is 15.8. The Hall–Kier alpha value is -3.93. The molecule has 0 aliphatic rings. The van der Waals surface area contributed by atoms with Gasteiger partial charge in [-0.15, -0.1) is 0 Å². The van der Waals surface area contributed by atoms with Crippen molar-refractivity contribution < 1.29 is 9.21 Å². The Labute approximate surface area is 192 Å². The van der Waals surface area contributed by atoms with E-state index in [1.807, 2.05) is 75.4 Å². The fraction of sp³-hybridized carbons (Fsp3) is 0.222. The second kappa shape index (κ2) is 8.90. The molecule has 0 aliphatic heterocycles. The summed E-state index contributed by atoms with van der Waals surface area (Å²) < 4.78 is 6.39. The van der Waals surface area contributed by atoms with Crippen molar-refractivity contribution in [3.63, 3.8) is 0 Å². The first-order valence-corrected chi connectivity index (χ1v) is 10.9. The van der Waals surface area contributed by atoms with Crippen LogP contribution in [-0.4, -0.2) is 17.9 Å². The molecule has 6 heteroatoms. The molecule has 0 saturated heterocycles. The van der Waals surface area contributed by atoms with Crippen LogP contribution in [0.5, 0.6) is 0 Å². The largest absolute Gasteiger partial charge is 0.455 e. The molecule has 0 aliphatic carbocycles. The Balaban J connectivity index is 1.87. The smallest absolute Gasteiger partial charge is 0.271 e. The van der Waals surface area contributed by atoms with E-state index in [9.17, 15) is 9.59 Å². The third-order valence-corrected chi connectivity index (χ3v) is 5.74. The lowest BCUT2D eigenvalue weighted by atomic mass is 9.98. The molecule has 2 aromatic carbocycles. The summed E-state index contributed by atoms with van der Waals surface area (Å²) in [6.45, 7) is 7.57. The highest BCUT2D eigenvalue weighted by molar-refractivity contribution is 5.97. The molecular weight excluding hydrogens is 414 g/mol. The van der Waals surface area contributed by atoms with E-state index in [4.69, 9.17) is 4.42 Å². The maximum atomic E-state index is 13.3. The molecule has 33 heavy (non-hydrogen) atoms. The predicted molar refractivity (Wildman–Crippen MR) is 132 cm³/mol. The van der Waals surface area contributed by atoms with Crippen molar-refractivity contribution in [2.45, 2.75) is 33.7 Å². The molecule has 1 atom stereocenters. The van der Waals surface area contributed by atoms with Gasteiger partial charge in [-0.2, -0.15) is 0 Å². The second-order valence-electron chi connectivity index (χ2n) is 8.28. The van der Waals surface area contributed by atoms with Gasteiger partial charge in [-0.3, -0.25) is 9.59 Å². The van der Waals surface area contributed by atoms with Crippen LogP contribution in [0.4, 0.5) is 5.69 Å². The minimum Gasteiger partial charge on any atom is -0.455 e. The molecule has 0 bridgehead atoms. The number of anilines is 1. The number of carbonyl (C=O) groups excluding carboxylic acids is 1. The van der Waals surface area contributed by atoms with Crippen LogP contribution in [0.15, 0.2) is 63.8 Å². The minimum absolute atomic E-state index is 0.0460. The summed E-state index contributed by atoms with van der Waals surface area (Å²) in [7, 11) is 1.58. The summed E-state index contributed by atoms with van der Waals surface area (Å²) in [5, 5.41) is 6.58. The number of aryl methyl sites for hydroxylation is 2. The molecule has 4 rings (SSSR count). The highest BCUT2D eigenvalue weighted by Crippen LogP contribution is 2.32. The zero-order chi connectivity index (χ0) is 23.7. The third-order valence-electron chi connectivity index (χ3n) is 5.74. The Morgan fingerprint density at radius 2 is 1.76 bits per heavy atom. The average molecular weight is 442 g/mol. The zero-order valence-electron chi connectivity index (χ0n) is 19.4. The number of hydrogen-bond acceptors (Lipinski definition) is 5. The number of fused-ring (bicyclic) bond motifs is 1. The van der Waals surface area contributed by atoms with Crippen LogP contribution in [0.25, 0.3) is 22.3 Å². The Morgan fingerprint density at radius 1 is 1.03 bits per heavy atom. The van der Waals surface area contributed by atoms with E-state index in [0.29, 0.717) is 33.7 Å². The number of hydrogen-bond donors (Lipinski definition) is 2. The fourth-order valence-electron chi connectivity index (χ4n) is 4.03. The van der Waals surface area contributed by atoms with E-state index >= 15 is 0 Å². The number of nitrogens with zero attached hydrogens (tertiary/aromatic N) is 1. The highest BCUT2D eigenvalue weighted by Gasteiger charge is 2.20. The minimum atomic E-state index is -0.268. The zero-order valence-corrected chi connectivity index (χ0v) is 19.4. The van der Waals surface area contributed by atoms with Crippen molar-refractivity contribution in [2.75, 3.05) is 12.4 Å². The van der Waals surface area contributed by atoms with E-state index in [0.717, 1.165) is 22.4 Å². The summed E-state index contributed by atoms with van der Waals surface area (Å²) in [5.74, 6) is 0.296. The second-order valence-corrected chi connectivity index (χ2v) is 8.28. The molecular formula is C27H27N3O3. The monoisotopic (exact) mass is 441 g/mol. The van der Waals surface area contributed by atoms with Crippen molar-refractivity contribution in [1.29, 1.82) is 0 Å². The lowest BCUT2D eigenvalue weighted by Crippen LogP contribution is -2.22. The number of benzene rings is 2. The molecule has 168 valence electrons. The van der Waals surface area contributed by atoms with Crippen molar-refractivity contribution in [1.82, 2.24) is 10.3 Å². The standard InChI is InChI=1S/C27H27N3O3/c1-15-13-20(18(4)30-22-12-11-16(2)29-23(22)27(32)28-5)26-21(14-15)24(31)17(3)25(33-26)19-9-7-6-8-10-19/h6-14,18,30H,1-5H3,(H,28,32)/t18-/m1/s1. The van der Waals surface area contributed by atoms with E-state index in [-0.39, 0.29) is 17.4 Å². The molecule has 2 heterocycles. The first-order valence-electron chi connectivity index (χ1n) is 10.9. The number of carbonyl (C=O) groups is 1. The topological polar surface area (TPSA) is 84.2 Å². The van der Waals surface area contributed by atoms with E-state index in [1.54, 1.807) is 14.0 Å². The van der Waals surface area contributed by atoms with Gasteiger partial charge >= 0.3 is 0 Å². The van der Waals surface area contributed by atoms with Gasteiger partial charge in [-0.05, 0) is 51.5 Å². The van der Waals surface area contributed by atoms with Gasteiger partial charge in [0.25, 0.3) is 5.91 Å². The summed E-state index contributed by atoms with van der Waals surface area (Å²) in [6, 6.07) is 16.9. The van der Waals surface area contributed by atoms with Crippen LogP contribution in [0, 0.1) is 20.8 Å². The van der Waals surface area contributed by atoms with Crippen LogP contribution in [-0.2, 0) is 0 Å². The van der Waals surface area contributed by atoms with E-state index in [1.165, 1.54) is 0 Å². The molecule has 6 nitrogen and oxygen atoms in total. The fourth-order valence-corrected chi connectivity index (χ4v) is 4.03.